The van der Waals surface area contributed by atoms with Crippen LogP contribution in [0.4, 0.5) is 0 Å². The molecule has 118 valence electrons. The molecule has 1 rings (SSSR count). The number of nitrogens with zero attached hydrogens (tertiary/aromatic N) is 1. The molecule has 0 aliphatic carbocycles. The highest BCUT2D eigenvalue weighted by Crippen LogP contribution is 2.13. The number of sulfonamides is 1. The molecular formula is C14H22N2O4S. The highest BCUT2D eigenvalue weighted by atomic mass is 32.2. The second-order valence-electron chi connectivity index (χ2n) is 4.92. The lowest BCUT2D eigenvalue weighted by Gasteiger charge is -2.12. The smallest absolute Gasteiger partial charge is 0.251 e. The third-order valence-corrected chi connectivity index (χ3v) is 4.96. The van der Waals surface area contributed by atoms with Crippen molar-refractivity contribution in [3.05, 3.63) is 29.8 Å². The van der Waals surface area contributed by atoms with E-state index in [0.29, 0.717) is 24.9 Å². The van der Waals surface area contributed by atoms with Crippen molar-refractivity contribution in [1.29, 1.82) is 0 Å². The summed E-state index contributed by atoms with van der Waals surface area (Å²) in [6.45, 7) is 2.25. The first kappa shape index (κ1) is 17.6. The Kier molecular flexibility index (Phi) is 6.32. The van der Waals surface area contributed by atoms with Crippen LogP contribution in [-0.2, 0) is 10.0 Å². The standard InChI is InChI=1S/C14H22N2O4S/c1-4-12(17)9-10-15-14(18)11-5-7-13(8-6-11)21(19,20)16(2)3/h5-8,12,17H,4,9-10H2,1-3H3,(H,15,18). The maximum absolute atomic E-state index is 11.9. The molecule has 2 N–H and O–H groups in total. The molecule has 1 amide bonds. The molecule has 0 radical (unpaired) electrons. The third kappa shape index (κ3) is 4.80. The molecule has 1 aromatic carbocycles. The quantitative estimate of drug-likeness (QED) is 0.780. The summed E-state index contributed by atoms with van der Waals surface area (Å²) in [7, 11) is -0.576. The molecule has 0 bridgehead atoms. The van der Waals surface area contributed by atoms with Gasteiger partial charge < -0.3 is 10.4 Å². The number of carbonyl (C=O) groups excluding carboxylic acids is 1. The number of carbonyl (C=O) groups is 1. The maximum atomic E-state index is 11.9. The molecule has 1 aromatic rings. The van der Waals surface area contributed by atoms with Crippen LogP contribution in [0, 0.1) is 0 Å². The number of hydrogen-bond donors (Lipinski definition) is 2. The first-order chi connectivity index (χ1) is 9.78. The molecule has 0 saturated carbocycles. The summed E-state index contributed by atoms with van der Waals surface area (Å²) < 4.78 is 24.9. The molecule has 1 atom stereocenters. The highest BCUT2D eigenvalue weighted by molar-refractivity contribution is 7.89. The van der Waals surface area contributed by atoms with Gasteiger partial charge in [-0.1, -0.05) is 6.92 Å². The van der Waals surface area contributed by atoms with Gasteiger partial charge in [-0.05, 0) is 37.1 Å². The Morgan fingerprint density at radius 2 is 1.86 bits per heavy atom. The van der Waals surface area contributed by atoms with Crippen LogP contribution in [-0.4, -0.2) is 50.5 Å². The van der Waals surface area contributed by atoms with E-state index < -0.39 is 16.1 Å². The molecular weight excluding hydrogens is 292 g/mol. The number of rotatable bonds is 7. The number of nitrogens with one attached hydrogen (secondary N) is 1. The SMILES string of the molecule is CCC(O)CCNC(=O)c1ccc(S(=O)(=O)N(C)C)cc1. The van der Waals surface area contributed by atoms with Crippen LogP contribution < -0.4 is 5.32 Å². The van der Waals surface area contributed by atoms with Crippen LogP contribution in [0.25, 0.3) is 0 Å². The largest absolute Gasteiger partial charge is 0.393 e. The van der Waals surface area contributed by atoms with Gasteiger partial charge in [-0.25, -0.2) is 12.7 Å². The van der Waals surface area contributed by atoms with Crippen LogP contribution in [0.2, 0.25) is 0 Å². The average Bonchev–Trinajstić information content (AvgIpc) is 2.46. The fraction of sp³-hybridized carbons (Fsp3) is 0.500. The van der Waals surface area contributed by atoms with Gasteiger partial charge in [0.1, 0.15) is 0 Å². The maximum Gasteiger partial charge on any atom is 0.251 e. The fourth-order valence-corrected chi connectivity index (χ4v) is 2.55. The van der Waals surface area contributed by atoms with Crippen LogP contribution in [0.15, 0.2) is 29.2 Å². The normalized spacial score (nSPS) is 13.2. The van der Waals surface area contributed by atoms with Crippen molar-refractivity contribution in [3.63, 3.8) is 0 Å². The number of aliphatic hydroxyl groups excluding tert-OH is 1. The average molecular weight is 314 g/mol. The molecule has 0 aromatic heterocycles. The second-order valence-corrected chi connectivity index (χ2v) is 7.07. The van der Waals surface area contributed by atoms with Crippen molar-refractivity contribution >= 4 is 15.9 Å². The molecule has 0 spiro atoms. The van der Waals surface area contributed by atoms with Crippen molar-refractivity contribution < 1.29 is 18.3 Å². The van der Waals surface area contributed by atoms with E-state index in [9.17, 15) is 18.3 Å². The topological polar surface area (TPSA) is 86.7 Å². The summed E-state index contributed by atoms with van der Waals surface area (Å²) in [6, 6.07) is 5.76. The van der Waals surface area contributed by atoms with E-state index in [1.807, 2.05) is 6.92 Å². The minimum Gasteiger partial charge on any atom is -0.393 e. The molecule has 7 heteroatoms. The number of benzene rings is 1. The lowest BCUT2D eigenvalue weighted by Crippen LogP contribution is -2.27. The van der Waals surface area contributed by atoms with E-state index in [1.54, 1.807) is 0 Å². The molecule has 0 aliphatic heterocycles. The first-order valence-electron chi connectivity index (χ1n) is 6.78. The first-order valence-corrected chi connectivity index (χ1v) is 8.22. The Morgan fingerprint density at radius 1 is 1.29 bits per heavy atom. The van der Waals surface area contributed by atoms with Gasteiger partial charge in [-0.2, -0.15) is 0 Å². The molecule has 0 fully saturated rings. The van der Waals surface area contributed by atoms with Gasteiger partial charge in [-0.15, -0.1) is 0 Å². The Bertz CT molecular complexity index is 567. The van der Waals surface area contributed by atoms with Crippen molar-refractivity contribution in [1.82, 2.24) is 9.62 Å². The molecule has 1 unspecified atom stereocenters. The summed E-state index contributed by atoms with van der Waals surface area (Å²) in [5.41, 5.74) is 0.388. The number of hydrogen-bond acceptors (Lipinski definition) is 4. The van der Waals surface area contributed by atoms with E-state index in [-0.39, 0.29) is 10.8 Å². The van der Waals surface area contributed by atoms with Crippen molar-refractivity contribution in [3.8, 4) is 0 Å². The lowest BCUT2D eigenvalue weighted by molar-refractivity contribution is 0.0942. The van der Waals surface area contributed by atoms with E-state index in [4.69, 9.17) is 0 Å². The fourth-order valence-electron chi connectivity index (χ4n) is 1.65. The molecule has 21 heavy (non-hydrogen) atoms. The van der Waals surface area contributed by atoms with Gasteiger partial charge in [0.15, 0.2) is 0 Å². The van der Waals surface area contributed by atoms with E-state index in [1.165, 1.54) is 38.4 Å². The van der Waals surface area contributed by atoms with Gasteiger partial charge >= 0.3 is 0 Å². The molecule has 0 heterocycles. The van der Waals surface area contributed by atoms with Gasteiger partial charge in [0, 0.05) is 26.2 Å². The van der Waals surface area contributed by atoms with E-state index in [0.717, 1.165) is 4.31 Å². The Balaban J connectivity index is 2.68. The Morgan fingerprint density at radius 3 is 2.33 bits per heavy atom. The zero-order chi connectivity index (χ0) is 16.0. The molecule has 0 saturated heterocycles. The Hall–Kier alpha value is -1.44. The van der Waals surface area contributed by atoms with Gasteiger partial charge in [-0.3, -0.25) is 4.79 Å². The summed E-state index contributed by atoms with van der Waals surface area (Å²) in [6.07, 6.45) is 0.723. The van der Waals surface area contributed by atoms with E-state index >= 15 is 0 Å². The number of amides is 1. The predicted octanol–water partition coefficient (Wildman–Crippen LogP) is 0.828. The summed E-state index contributed by atoms with van der Waals surface area (Å²) in [5, 5.41) is 12.1. The van der Waals surface area contributed by atoms with Crippen LogP contribution in [0.1, 0.15) is 30.1 Å². The number of aliphatic hydroxyl groups is 1. The molecule has 0 aliphatic rings. The predicted molar refractivity (Wildman–Crippen MR) is 80.6 cm³/mol. The highest BCUT2D eigenvalue weighted by Gasteiger charge is 2.17. The van der Waals surface area contributed by atoms with Gasteiger partial charge in [0.2, 0.25) is 10.0 Å². The summed E-state index contributed by atoms with van der Waals surface area (Å²) in [4.78, 5) is 12.0. The molecule has 6 nitrogen and oxygen atoms in total. The van der Waals surface area contributed by atoms with Crippen LogP contribution in [0.5, 0.6) is 0 Å². The van der Waals surface area contributed by atoms with Crippen molar-refractivity contribution in [2.45, 2.75) is 30.8 Å². The van der Waals surface area contributed by atoms with Crippen LogP contribution in [0.3, 0.4) is 0 Å². The van der Waals surface area contributed by atoms with Crippen molar-refractivity contribution in [2.24, 2.45) is 0 Å². The minimum atomic E-state index is -3.48. The summed E-state index contributed by atoms with van der Waals surface area (Å²) >= 11 is 0. The second kappa shape index (κ2) is 7.53. The lowest BCUT2D eigenvalue weighted by atomic mass is 10.2. The monoisotopic (exact) mass is 314 g/mol. The van der Waals surface area contributed by atoms with Gasteiger partial charge in [0.05, 0.1) is 11.0 Å². The third-order valence-electron chi connectivity index (χ3n) is 3.13. The van der Waals surface area contributed by atoms with Crippen molar-refractivity contribution in [2.75, 3.05) is 20.6 Å². The zero-order valence-electron chi connectivity index (χ0n) is 12.5. The minimum absolute atomic E-state index is 0.144. The summed E-state index contributed by atoms with van der Waals surface area (Å²) in [5.74, 6) is -0.285. The Labute approximate surface area is 125 Å². The van der Waals surface area contributed by atoms with E-state index in [2.05, 4.69) is 5.32 Å². The zero-order valence-corrected chi connectivity index (χ0v) is 13.4. The van der Waals surface area contributed by atoms with Gasteiger partial charge in [0.25, 0.3) is 5.91 Å². The van der Waals surface area contributed by atoms with Crippen LogP contribution >= 0.6 is 0 Å².